The Morgan fingerprint density at radius 2 is 2.11 bits per heavy atom. The first-order valence-corrected chi connectivity index (χ1v) is 6.24. The second-order valence-corrected chi connectivity index (χ2v) is 4.51. The van der Waals surface area contributed by atoms with Crippen molar-refractivity contribution in [1.29, 1.82) is 0 Å². The molecule has 96 valence electrons. The molecule has 2 rings (SSSR count). The predicted octanol–water partition coefficient (Wildman–Crippen LogP) is 4.08. The fourth-order valence-electron chi connectivity index (χ4n) is 1.97. The second-order valence-electron chi connectivity index (χ2n) is 4.13. The number of nitrogens with one attached hydrogen (secondary N) is 1. The first-order valence-electron chi connectivity index (χ1n) is 5.86. The molecule has 0 spiro atoms. The Bertz CT molecular complexity index is 538. The van der Waals surface area contributed by atoms with Crippen molar-refractivity contribution in [2.45, 2.75) is 19.9 Å². The molecule has 1 unspecified atom stereocenters. The van der Waals surface area contributed by atoms with Crippen LogP contribution in [0.5, 0.6) is 0 Å². The molecule has 1 aromatic carbocycles. The van der Waals surface area contributed by atoms with Crippen molar-refractivity contribution in [1.82, 2.24) is 5.32 Å². The van der Waals surface area contributed by atoms with E-state index in [1.165, 1.54) is 12.1 Å². The van der Waals surface area contributed by atoms with Crippen LogP contribution in [0.4, 0.5) is 4.39 Å². The summed E-state index contributed by atoms with van der Waals surface area (Å²) < 4.78 is 18.8. The third kappa shape index (κ3) is 2.74. The van der Waals surface area contributed by atoms with E-state index in [0.717, 1.165) is 17.7 Å². The van der Waals surface area contributed by atoms with Crippen LogP contribution >= 0.6 is 11.6 Å². The number of halogens is 2. The van der Waals surface area contributed by atoms with Gasteiger partial charge in [-0.1, -0.05) is 13.0 Å². The Labute approximate surface area is 111 Å². The minimum Gasteiger partial charge on any atom is -0.448 e. The molecule has 0 fully saturated rings. The van der Waals surface area contributed by atoms with E-state index in [2.05, 4.69) is 5.32 Å². The van der Waals surface area contributed by atoms with Gasteiger partial charge in [0.2, 0.25) is 0 Å². The topological polar surface area (TPSA) is 25.2 Å². The molecule has 1 heterocycles. The molecule has 2 aromatic rings. The van der Waals surface area contributed by atoms with E-state index in [0.29, 0.717) is 11.0 Å². The van der Waals surface area contributed by atoms with Crippen molar-refractivity contribution in [3.63, 3.8) is 0 Å². The normalized spacial score (nSPS) is 12.7. The molecule has 0 bridgehead atoms. The number of hydrogen-bond donors (Lipinski definition) is 1. The molecule has 0 aliphatic rings. The zero-order valence-electron chi connectivity index (χ0n) is 10.3. The number of furan rings is 1. The zero-order chi connectivity index (χ0) is 13.1. The lowest BCUT2D eigenvalue weighted by Gasteiger charge is -2.18. The van der Waals surface area contributed by atoms with E-state index in [1.54, 1.807) is 18.2 Å². The van der Waals surface area contributed by atoms with Crippen molar-refractivity contribution in [3.05, 3.63) is 58.3 Å². The first kappa shape index (κ1) is 13.1. The Balaban J connectivity index is 2.44. The van der Waals surface area contributed by atoms with Crippen LogP contribution in [-0.4, -0.2) is 6.54 Å². The van der Waals surface area contributed by atoms with Gasteiger partial charge < -0.3 is 9.73 Å². The quantitative estimate of drug-likeness (QED) is 0.903. The summed E-state index contributed by atoms with van der Waals surface area (Å²) in [7, 11) is 0. The molecular formula is C14H15ClFNO. The van der Waals surface area contributed by atoms with E-state index in [9.17, 15) is 4.39 Å². The maximum Gasteiger partial charge on any atom is 0.193 e. The summed E-state index contributed by atoms with van der Waals surface area (Å²) in [5, 5.41) is 3.61. The number of aryl methyl sites for hydroxylation is 1. The van der Waals surface area contributed by atoms with E-state index >= 15 is 0 Å². The van der Waals surface area contributed by atoms with Gasteiger partial charge >= 0.3 is 0 Å². The summed E-state index contributed by atoms with van der Waals surface area (Å²) in [6.45, 7) is 4.69. The van der Waals surface area contributed by atoms with E-state index in [-0.39, 0.29) is 11.9 Å². The Morgan fingerprint density at radius 1 is 1.33 bits per heavy atom. The van der Waals surface area contributed by atoms with Crippen LogP contribution in [0.15, 0.2) is 34.7 Å². The minimum atomic E-state index is -0.254. The molecule has 0 radical (unpaired) electrons. The summed E-state index contributed by atoms with van der Waals surface area (Å²) in [6.07, 6.45) is 0. The third-order valence-electron chi connectivity index (χ3n) is 2.84. The molecule has 1 N–H and O–H groups in total. The summed E-state index contributed by atoms with van der Waals surface area (Å²) in [4.78, 5) is 0. The van der Waals surface area contributed by atoms with E-state index < -0.39 is 0 Å². The van der Waals surface area contributed by atoms with Gasteiger partial charge in [0.25, 0.3) is 0 Å². The van der Waals surface area contributed by atoms with Gasteiger partial charge in [-0.2, -0.15) is 0 Å². The maximum absolute atomic E-state index is 13.4. The highest BCUT2D eigenvalue weighted by Crippen LogP contribution is 2.28. The van der Waals surface area contributed by atoms with Gasteiger partial charge in [0, 0.05) is 0 Å². The molecular weight excluding hydrogens is 253 g/mol. The monoisotopic (exact) mass is 267 g/mol. The molecule has 0 saturated carbocycles. The van der Waals surface area contributed by atoms with Gasteiger partial charge in [0.15, 0.2) is 5.22 Å². The van der Waals surface area contributed by atoms with Gasteiger partial charge in [0.1, 0.15) is 11.6 Å². The molecule has 4 heteroatoms. The largest absolute Gasteiger partial charge is 0.448 e. The Hall–Kier alpha value is -1.32. The molecule has 0 aliphatic heterocycles. The van der Waals surface area contributed by atoms with Crippen molar-refractivity contribution in [3.8, 4) is 0 Å². The Morgan fingerprint density at radius 3 is 2.72 bits per heavy atom. The standard InChI is InChI=1S/C14H15ClFNO/c1-3-17-14(12-6-7-13(15)18-12)11-8-10(16)5-4-9(11)2/h4-8,14,17H,3H2,1-2H3. The lowest BCUT2D eigenvalue weighted by atomic mass is 9.99. The molecule has 0 amide bonds. The number of hydrogen-bond acceptors (Lipinski definition) is 2. The van der Waals surface area contributed by atoms with Gasteiger partial charge in [0.05, 0.1) is 6.04 Å². The fourth-order valence-corrected chi connectivity index (χ4v) is 2.13. The van der Waals surface area contributed by atoms with Crippen LogP contribution in [0, 0.1) is 12.7 Å². The van der Waals surface area contributed by atoms with Crippen LogP contribution in [0.25, 0.3) is 0 Å². The molecule has 18 heavy (non-hydrogen) atoms. The average molecular weight is 268 g/mol. The van der Waals surface area contributed by atoms with E-state index in [4.69, 9.17) is 16.0 Å². The number of benzene rings is 1. The minimum absolute atomic E-state index is 0.182. The van der Waals surface area contributed by atoms with Crippen LogP contribution in [0.1, 0.15) is 29.9 Å². The molecule has 2 nitrogen and oxygen atoms in total. The predicted molar refractivity (Wildman–Crippen MR) is 70.4 cm³/mol. The van der Waals surface area contributed by atoms with Crippen LogP contribution in [0.2, 0.25) is 5.22 Å². The third-order valence-corrected chi connectivity index (χ3v) is 3.04. The van der Waals surface area contributed by atoms with Gasteiger partial charge in [-0.3, -0.25) is 0 Å². The smallest absolute Gasteiger partial charge is 0.193 e. The summed E-state index contributed by atoms with van der Waals surface area (Å²) in [5.41, 5.74) is 1.87. The van der Waals surface area contributed by atoms with Crippen LogP contribution < -0.4 is 5.32 Å². The fraction of sp³-hybridized carbons (Fsp3) is 0.286. The highest BCUT2D eigenvalue weighted by atomic mass is 35.5. The van der Waals surface area contributed by atoms with Gasteiger partial charge in [-0.05, 0) is 60.5 Å². The summed E-state index contributed by atoms with van der Waals surface area (Å²) >= 11 is 5.79. The van der Waals surface area contributed by atoms with Crippen LogP contribution in [-0.2, 0) is 0 Å². The average Bonchev–Trinajstić information content (AvgIpc) is 2.76. The van der Waals surface area contributed by atoms with Crippen molar-refractivity contribution >= 4 is 11.6 Å². The van der Waals surface area contributed by atoms with E-state index in [1.807, 2.05) is 13.8 Å². The van der Waals surface area contributed by atoms with Gasteiger partial charge in [-0.25, -0.2) is 4.39 Å². The first-order chi connectivity index (χ1) is 8.61. The lowest BCUT2D eigenvalue weighted by molar-refractivity contribution is 0.451. The molecule has 1 aromatic heterocycles. The van der Waals surface area contributed by atoms with Crippen LogP contribution in [0.3, 0.4) is 0 Å². The highest BCUT2D eigenvalue weighted by Gasteiger charge is 2.19. The second kappa shape index (κ2) is 5.55. The summed E-state index contributed by atoms with van der Waals surface area (Å²) in [6, 6.07) is 8.06. The van der Waals surface area contributed by atoms with Crippen molar-refractivity contribution in [2.24, 2.45) is 0 Å². The maximum atomic E-state index is 13.4. The van der Waals surface area contributed by atoms with Gasteiger partial charge in [-0.15, -0.1) is 0 Å². The van der Waals surface area contributed by atoms with Crippen molar-refractivity contribution < 1.29 is 8.81 Å². The number of rotatable bonds is 4. The summed E-state index contributed by atoms with van der Waals surface area (Å²) in [5.74, 6) is 0.437. The molecule has 1 atom stereocenters. The van der Waals surface area contributed by atoms with Crippen molar-refractivity contribution in [2.75, 3.05) is 6.54 Å². The lowest BCUT2D eigenvalue weighted by Crippen LogP contribution is -2.22. The molecule has 0 saturated heterocycles. The molecule has 0 aliphatic carbocycles. The Kier molecular flexibility index (Phi) is 4.04. The SMILES string of the molecule is CCNC(c1ccc(Cl)o1)c1cc(F)ccc1C. The highest BCUT2D eigenvalue weighted by molar-refractivity contribution is 6.28. The zero-order valence-corrected chi connectivity index (χ0v) is 11.1.